The molecule has 0 spiro atoms. The number of hydrogen-bond donors (Lipinski definition) is 3. The zero-order valence-electron chi connectivity index (χ0n) is 21.4. The first-order valence-electron chi connectivity index (χ1n) is 12.4. The summed E-state index contributed by atoms with van der Waals surface area (Å²) in [7, 11) is 0. The number of carbonyl (C=O) groups is 3. The number of aromatic amines is 1. The summed E-state index contributed by atoms with van der Waals surface area (Å²) in [4.78, 5) is 44.8. The fraction of sp³-hybridized carbons (Fsp3) is 0.538. The average molecular weight is 497 g/mol. The molecule has 1 fully saturated rings. The first-order valence-corrected chi connectivity index (χ1v) is 12.4. The number of ether oxygens (including phenoxy) is 1. The Hall–Kier alpha value is -3.24. The summed E-state index contributed by atoms with van der Waals surface area (Å²) in [5.74, 6) is -0.281. The number of hydroxylamine groups is 2. The van der Waals surface area contributed by atoms with E-state index in [1.807, 2.05) is 34.6 Å². The van der Waals surface area contributed by atoms with E-state index >= 15 is 0 Å². The molecule has 2 amide bonds. The van der Waals surface area contributed by atoms with Crippen molar-refractivity contribution in [1.29, 1.82) is 0 Å². The van der Waals surface area contributed by atoms with Crippen molar-refractivity contribution in [2.24, 2.45) is 5.92 Å². The number of anilines is 1. The highest BCUT2D eigenvalue weighted by molar-refractivity contribution is 6.19. The number of benzene rings is 1. The second-order valence-corrected chi connectivity index (χ2v) is 10.9. The number of imidazole rings is 1. The number of nitrogens with one attached hydrogen (secondary N) is 3. The molecule has 1 unspecified atom stereocenters. The summed E-state index contributed by atoms with van der Waals surface area (Å²) in [5.41, 5.74) is -0.101. The van der Waals surface area contributed by atoms with Crippen LogP contribution in [0.25, 0.3) is 11.4 Å². The topological polar surface area (TPSA) is 136 Å². The summed E-state index contributed by atoms with van der Waals surface area (Å²) >= 11 is 0. The molecule has 10 heteroatoms. The third-order valence-corrected chi connectivity index (χ3v) is 6.86. The Labute approximate surface area is 210 Å². The van der Waals surface area contributed by atoms with Gasteiger partial charge in [0.2, 0.25) is 5.91 Å². The fourth-order valence-corrected chi connectivity index (χ4v) is 5.32. The molecule has 2 aliphatic heterocycles. The number of rotatable bonds is 7. The van der Waals surface area contributed by atoms with Crippen molar-refractivity contribution in [2.75, 3.05) is 11.9 Å². The standard InChI is InChI=1S/C26H34N5O5/c1-6-7-18-21(33)20-23(30-24(18)34)29-22(28-20)15-8-10-17(11-9-15)36-14-19(32)27-16-12-25(2,3)31(35)26(4,5)13-16/h8-11,16,18H,6-7,12-14H2,1-5H3,(H,27,32)(H,28,29)(H,30,34). The van der Waals surface area contributed by atoms with Gasteiger partial charge in [-0.25, -0.2) is 4.98 Å². The van der Waals surface area contributed by atoms with Gasteiger partial charge < -0.3 is 20.4 Å². The predicted molar refractivity (Wildman–Crippen MR) is 133 cm³/mol. The molecule has 2 aliphatic rings. The van der Waals surface area contributed by atoms with Crippen LogP contribution in [0, 0.1) is 5.92 Å². The minimum atomic E-state index is -0.692. The molecule has 3 N–H and O–H groups in total. The van der Waals surface area contributed by atoms with Gasteiger partial charge in [0.15, 0.2) is 18.2 Å². The lowest BCUT2D eigenvalue weighted by molar-refractivity contribution is -0.290. The van der Waals surface area contributed by atoms with Crippen LogP contribution in [0.2, 0.25) is 0 Å². The maximum absolute atomic E-state index is 12.7. The van der Waals surface area contributed by atoms with E-state index in [-0.39, 0.29) is 36.1 Å². The molecule has 2 aromatic rings. The molecule has 4 rings (SSSR count). The molecule has 1 radical (unpaired) electrons. The summed E-state index contributed by atoms with van der Waals surface area (Å²) in [6.07, 6.45) is 2.35. The van der Waals surface area contributed by atoms with Gasteiger partial charge in [-0.3, -0.25) is 14.4 Å². The molecule has 0 saturated carbocycles. The van der Waals surface area contributed by atoms with Crippen LogP contribution in [0.5, 0.6) is 5.75 Å². The van der Waals surface area contributed by atoms with Gasteiger partial charge in [-0.05, 0) is 71.2 Å². The molecule has 1 aromatic carbocycles. The first kappa shape index (κ1) is 25.8. The van der Waals surface area contributed by atoms with E-state index in [0.717, 1.165) is 11.5 Å². The Kier molecular flexibility index (Phi) is 6.94. The van der Waals surface area contributed by atoms with E-state index in [0.29, 0.717) is 42.1 Å². The lowest BCUT2D eigenvalue weighted by Gasteiger charge is -2.49. The first-order chi connectivity index (χ1) is 16.9. The minimum Gasteiger partial charge on any atom is -0.484 e. The van der Waals surface area contributed by atoms with Crippen molar-refractivity contribution in [3.05, 3.63) is 30.0 Å². The van der Waals surface area contributed by atoms with Gasteiger partial charge in [0.05, 0.1) is 0 Å². The van der Waals surface area contributed by atoms with Crippen LogP contribution >= 0.6 is 0 Å². The predicted octanol–water partition coefficient (Wildman–Crippen LogP) is 3.49. The van der Waals surface area contributed by atoms with Gasteiger partial charge in [-0.15, -0.1) is 10.3 Å². The number of aromatic nitrogens is 2. The van der Waals surface area contributed by atoms with E-state index in [2.05, 4.69) is 20.6 Å². The zero-order valence-corrected chi connectivity index (χ0v) is 21.4. The lowest BCUT2D eigenvalue weighted by atomic mass is 9.79. The maximum atomic E-state index is 12.7. The highest BCUT2D eigenvalue weighted by Gasteiger charge is 2.46. The van der Waals surface area contributed by atoms with Crippen LogP contribution in [0.15, 0.2) is 24.3 Å². The third kappa shape index (κ3) is 5.15. The van der Waals surface area contributed by atoms with E-state index in [1.54, 1.807) is 24.3 Å². The second kappa shape index (κ2) is 9.67. The number of fused-ring (bicyclic) bond motifs is 1. The quantitative estimate of drug-likeness (QED) is 0.502. The number of carbonyl (C=O) groups excluding carboxylic acids is 3. The molecule has 1 saturated heterocycles. The number of nitrogens with zero attached hydrogens (tertiary/aromatic N) is 2. The molecule has 3 heterocycles. The van der Waals surface area contributed by atoms with Gasteiger partial charge in [0.1, 0.15) is 23.2 Å². The molecule has 0 aliphatic carbocycles. The smallest absolute Gasteiger partial charge is 0.258 e. The van der Waals surface area contributed by atoms with Crippen molar-refractivity contribution in [3.63, 3.8) is 0 Å². The van der Waals surface area contributed by atoms with Gasteiger partial charge in [-0.2, -0.15) is 0 Å². The Balaban J connectivity index is 1.35. The summed E-state index contributed by atoms with van der Waals surface area (Å²) in [5, 5.41) is 19.3. The summed E-state index contributed by atoms with van der Waals surface area (Å²) < 4.78 is 5.65. The van der Waals surface area contributed by atoms with Gasteiger partial charge in [0.25, 0.3) is 5.91 Å². The molecule has 0 bridgehead atoms. The van der Waals surface area contributed by atoms with Gasteiger partial charge in [0, 0.05) is 22.7 Å². The minimum absolute atomic E-state index is 0.108. The van der Waals surface area contributed by atoms with E-state index in [4.69, 9.17) is 4.74 Å². The summed E-state index contributed by atoms with van der Waals surface area (Å²) in [6, 6.07) is 6.85. The Morgan fingerprint density at radius 3 is 2.39 bits per heavy atom. The Bertz CT molecular complexity index is 1140. The van der Waals surface area contributed by atoms with Crippen LogP contribution in [0.1, 0.15) is 70.8 Å². The fourth-order valence-electron chi connectivity index (χ4n) is 5.32. The molecule has 36 heavy (non-hydrogen) atoms. The van der Waals surface area contributed by atoms with Crippen molar-refractivity contribution in [3.8, 4) is 17.1 Å². The van der Waals surface area contributed by atoms with Gasteiger partial charge in [-0.1, -0.05) is 13.3 Å². The Morgan fingerprint density at radius 1 is 1.14 bits per heavy atom. The number of hydrogen-bond acceptors (Lipinski definition) is 6. The second-order valence-electron chi connectivity index (χ2n) is 10.9. The molecular weight excluding hydrogens is 462 g/mol. The molecule has 1 aromatic heterocycles. The lowest BCUT2D eigenvalue weighted by Crippen LogP contribution is -2.62. The number of Topliss-reactive ketones (excluding diaryl/α,β-unsaturated/α-hetero) is 1. The highest BCUT2D eigenvalue weighted by atomic mass is 16.5. The number of ketones is 1. The van der Waals surface area contributed by atoms with E-state index < -0.39 is 17.0 Å². The normalized spacial score (nSPS) is 21.6. The monoisotopic (exact) mass is 496 g/mol. The Morgan fingerprint density at radius 2 is 1.78 bits per heavy atom. The van der Waals surface area contributed by atoms with Crippen LogP contribution < -0.4 is 15.4 Å². The summed E-state index contributed by atoms with van der Waals surface area (Å²) in [6.45, 7) is 9.34. The molecule has 1 atom stereocenters. The number of amides is 2. The van der Waals surface area contributed by atoms with Crippen molar-refractivity contribution in [1.82, 2.24) is 20.3 Å². The van der Waals surface area contributed by atoms with Crippen LogP contribution in [0.4, 0.5) is 5.82 Å². The average Bonchev–Trinajstić information content (AvgIpc) is 3.23. The van der Waals surface area contributed by atoms with Crippen LogP contribution in [0.3, 0.4) is 0 Å². The number of piperidine rings is 1. The van der Waals surface area contributed by atoms with E-state index in [1.165, 1.54) is 0 Å². The van der Waals surface area contributed by atoms with Crippen molar-refractivity contribution in [2.45, 2.75) is 77.4 Å². The zero-order chi connectivity index (χ0) is 26.3. The van der Waals surface area contributed by atoms with Crippen molar-refractivity contribution >= 4 is 23.4 Å². The van der Waals surface area contributed by atoms with Crippen LogP contribution in [-0.4, -0.2) is 56.4 Å². The van der Waals surface area contributed by atoms with E-state index in [9.17, 15) is 19.6 Å². The molecule has 193 valence electrons. The van der Waals surface area contributed by atoms with Crippen molar-refractivity contribution < 1.29 is 24.3 Å². The molecular formula is C26H34N5O5. The maximum Gasteiger partial charge on any atom is 0.258 e. The largest absolute Gasteiger partial charge is 0.484 e. The number of H-pyrrole nitrogens is 1. The third-order valence-electron chi connectivity index (χ3n) is 6.86. The molecule has 10 nitrogen and oxygen atoms in total. The van der Waals surface area contributed by atoms with Crippen LogP contribution in [-0.2, 0) is 14.8 Å². The highest BCUT2D eigenvalue weighted by Crippen LogP contribution is 2.37. The SMILES string of the molecule is CCCC1C(=O)Nc2nc(-c3ccc(OCC(=O)NC4CC(C)(C)N([O])C(C)(C)C4)cc3)[nH]c2C1=O. The van der Waals surface area contributed by atoms with Gasteiger partial charge >= 0.3 is 0 Å².